The van der Waals surface area contributed by atoms with E-state index in [9.17, 15) is 8.42 Å². The van der Waals surface area contributed by atoms with Gasteiger partial charge in [0.1, 0.15) is 0 Å². The Morgan fingerprint density at radius 3 is 2.61 bits per heavy atom. The number of nitrogens with zero attached hydrogens (tertiary/aromatic N) is 2. The zero-order chi connectivity index (χ0) is 16.0. The standard InChI is InChI=1S/C18H22N2O2S/c1-19-11-14-9-10-16(13-19)20(12-14)23(21,22)18-8-4-6-15-5-2-3-7-17(15)18/h2-8,14,16H,9-13H2,1H3/t14-,16+/m1/s1. The van der Waals surface area contributed by atoms with Gasteiger partial charge >= 0.3 is 0 Å². The van der Waals surface area contributed by atoms with Crippen molar-refractivity contribution < 1.29 is 8.42 Å². The molecule has 0 spiro atoms. The molecule has 3 heterocycles. The largest absolute Gasteiger partial charge is 0.304 e. The van der Waals surface area contributed by atoms with Gasteiger partial charge in [0.15, 0.2) is 0 Å². The van der Waals surface area contributed by atoms with E-state index in [4.69, 9.17) is 0 Å². The highest BCUT2D eigenvalue weighted by atomic mass is 32.2. The highest BCUT2D eigenvalue weighted by Gasteiger charge is 2.40. The third-order valence-corrected chi connectivity index (χ3v) is 7.16. The SMILES string of the molecule is CN1C[C@H]2CC[C@@H](C1)N(S(=O)(=O)c1cccc3ccccc13)C2. The first-order valence-corrected chi connectivity index (χ1v) is 9.68. The van der Waals surface area contributed by atoms with Crippen molar-refractivity contribution in [2.45, 2.75) is 23.8 Å². The normalized spacial score (nSPS) is 26.5. The highest BCUT2D eigenvalue weighted by molar-refractivity contribution is 7.89. The Bertz CT molecular complexity index is 829. The molecular formula is C18H22N2O2S. The minimum Gasteiger partial charge on any atom is -0.304 e. The van der Waals surface area contributed by atoms with Gasteiger partial charge in [-0.25, -0.2) is 8.42 Å². The molecule has 3 aliphatic rings. The van der Waals surface area contributed by atoms with Crippen molar-refractivity contribution in [2.24, 2.45) is 5.92 Å². The van der Waals surface area contributed by atoms with Crippen LogP contribution >= 0.6 is 0 Å². The molecule has 3 fully saturated rings. The second-order valence-corrected chi connectivity index (χ2v) is 8.73. The van der Waals surface area contributed by atoms with Crippen LogP contribution in [0.5, 0.6) is 0 Å². The van der Waals surface area contributed by atoms with Crippen LogP contribution in [0.25, 0.3) is 10.8 Å². The van der Waals surface area contributed by atoms with Crippen LogP contribution in [-0.2, 0) is 10.0 Å². The van der Waals surface area contributed by atoms with E-state index in [0.717, 1.165) is 36.7 Å². The van der Waals surface area contributed by atoms with Gasteiger partial charge in [0.2, 0.25) is 10.0 Å². The van der Waals surface area contributed by atoms with Crippen LogP contribution in [-0.4, -0.2) is 50.3 Å². The molecule has 5 rings (SSSR count). The number of hydrogen-bond acceptors (Lipinski definition) is 3. The summed E-state index contributed by atoms with van der Waals surface area (Å²) in [5.41, 5.74) is 0. The molecule has 0 unspecified atom stereocenters. The van der Waals surface area contributed by atoms with Crippen LogP contribution < -0.4 is 0 Å². The Labute approximate surface area is 137 Å². The van der Waals surface area contributed by atoms with Crippen molar-refractivity contribution in [3.8, 4) is 0 Å². The van der Waals surface area contributed by atoms with Gasteiger partial charge in [-0.05, 0) is 37.3 Å². The van der Waals surface area contributed by atoms with E-state index in [1.165, 1.54) is 0 Å². The molecule has 0 N–H and O–H groups in total. The summed E-state index contributed by atoms with van der Waals surface area (Å²) in [6.45, 7) is 2.49. The fourth-order valence-electron chi connectivity index (χ4n) is 4.11. The molecule has 23 heavy (non-hydrogen) atoms. The van der Waals surface area contributed by atoms with E-state index in [1.807, 2.05) is 36.4 Å². The maximum absolute atomic E-state index is 13.4. The van der Waals surface area contributed by atoms with Gasteiger partial charge < -0.3 is 4.90 Å². The first kappa shape index (κ1) is 15.1. The molecule has 0 radical (unpaired) electrons. The Kier molecular flexibility index (Phi) is 3.67. The van der Waals surface area contributed by atoms with E-state index < -0.39 is 10.0 Å². The van der Waals surface area contributed by atoms with E-state index >= 15 is 0 Å². The predicted octanol–water partition coefficient (Wildman–Crippen LogP) is 2.55. The lowest BCUT2D eigenvalue weighted by Crippen LogP contribution is -2.47. The van der Waals surface area contributed by atoms with Gasteiger partial charge in [-0.3, -0.25) is 0 Å². The quantitative estimate of drug-likeness (QED) is 0.850. The molecule has 2 bridgehead atoms. The Balaban J connectivity index is 1.81. The molecule has 122 valence electrons. The number of piperidine rings is 1. The molecule has 3 aliphatic heterocycles. The van der Waals surface area contributed by atoms with Crippen LogP contribution in [0.1, 0.15) is 12.8 Å². The molecule has 2 aromatic rings. The molecule has 2 aromatic carbocycles. The van der Waals surface area contributed by atoms with Gasteiger partial charge in [0.25, 0.3) is 0 Å². The lowest BCUT2D eigenvalue weighted by molar-refractivity contribution is 0.229. The zero-order valence-corrected chi connectivity index (χ0v) is 14.2. The zero-order valence-electron chi connectivity index (χ0n) is 13.4. The first-order valence-electron chi connectivity index (χ1n) is 8.24. The van der Waals surface area contributed by atoms with Crippen molar-refractivity contribution in [1.29, 1.82) is 0 Å². The predicted molar refractivity (Wildman–Crippen MR) is 91.8 cm³/mol. The fraction of sp³-hybridized carbons (Fsp3) is 0.444. The Morgan fingerprint density at radius 1 is 0.957 bits per heavy atom. The summed E-state index contributed by atoms with van der Waals surface area (Å²) in [6, 6.07) is 13.4. The molecular weight excluding hydrogens is 308 g/mol. The fourth-order valence-corrected chi connectivity index (χ4v) is 6.05. The molecule has 0 amide bonds. The number of likely N-dealkylation sites (N-methyl/N-ethyl adjacent to an activating group) is 1. The van der Waals surface area contributed by atoms with Crippen molar-refractivity contribution in [3.05, 3.63) is 42.5 Å². The van der Waals surface area contributed by atoms with Crippen molar-refractivity contribution in [3.63, 3.8) is 0 Å². The molecule has 5 heteroatoms. The number of sulfonamides is 1. The van der Waals surface area contributed by atoms with Gasteiger partial charge in [-0.15, -0.1) is 0 Å². The molecule has 0 aliphatic carbocycles. The maximum Gasteiger partial charge on any atom is 0.243 e. The summed E-state index contributed by atoms with van der Waals surface area (Å²) in [4.78, 5) is 2.73. The number of fused-ring (bicyclic) bond motifs is 5. The molecule has 2 atom stereocenters. The van der Waals surface area contributed by atoms with Crippen molar-refractivity contribution in [1.82, 2.24) is 9.21 Å². The van der Waals surface area contributed by atoms with Gasteiger partial charge in [0.05, 0.1) is 4.90 Å². The van der Waals surface area contributed by atoms with E-state index in [1.54, 1.807) is 10.4 Å². The summed E-state index contributed by atoms with van der Waals surface area (Å²) in [7, 11) is -1.36. The molecule has 4 nitrogen and oxygen atoms in total. The third-order valence-electron chi connectivity index (χ3n) is 5.18. The molecule has 0 aromatic heterocycles. The molecule has 0 saturated carbocycles. The Hall–Kier alpha value is -1.43. The summed E-state index contributed by atoms with van der Waals surface area (Å²) < 4.78 is 28.5. The maximum atomic E-state index is 13.4. The van der Waals surface area contributed by atoms with Crippen LogP contribution in [0.2, 0.25) is 0 Å². The Morgan fingerprint density at radius 2 is 1.74 bits per heavy atom. The number of rotatable bonds is 2. The second kappa shape index (κ2) is 5.58. The highest BCUT2D eigenvalue weighted by Crippen LogP contribution is 2.34. The van der Waals surface area contributed by atoms with Crippen molar-refractivity contribution in [2.75, 3.05) is 26.7 Å². The monoisotopic (exact) mass is 330 g/mol. The van der Waals surface area contributed by atoms with E-state index in [2.05, 4.69) is 11.9 Å². The second-order valence-electron chi connectivity index (χ2n) is 6.87. The minimum atomic E-state index is -3.46. The van der Waals surface area contributed by atoms with Gasteiger partial charge in [-0.2, -0.15) is 4.31 Å². The van der Waals surface area contributed by atoms with E-state index in [-0.39, 0.29) is 6.04 Å². The van der Waals surface area contributed by atoms with E-state index in [0.29, 0.717) is 17.4 Å². The van der Waals surface area contributed by atoms with Crippen LogP contribution in [0.15, 0.2) is 47.4 Å². The van der Waals surface area contributed by atoms with Crippen LogP contribution in [0.4, 0.5) is 0 Å². The third kappa shape index (κ3) is 2.57. The lowest BCUT2D eigenvalue weighted by Gasteiger charge is -2.35. The average molecular weight is 330 g/mol. The van der Waals surface area contributed by atoms with Crippen LogP contribution in [0.3, 0.4) is 0 Å². The first-order chi connectivity index (χ1) is 11.1. The number of benzene rings is 2. The molecule has 3 saturated heterocycles. The topological polar surface area (TPSA) is 40.6 Å². The smallest absolute Gasteiger partial charge is 0.243 e. The van der Waals surface area contributed by atoms with Crippen molar-refractivity contribution >= 4 is 20.8 Å². The average Bonchev–Trinajstić information content (AvgIpc) is 2.83. The number of hydrogen-bond donors (Lipinski definition) is 0. The lowest BCUT2D eigenvalue weighted by atomic mass is 9.97. The summed E-state index contributed by atoms with van der Waals surface area (Å²) >= 11 is 0. The van der Waals surface area contributed by atoms with Gasteiger partial charge in [0, 0.05) is 31.1 Å². The minimum absolute atomic E-state index is 0.0997. The van der Waals surface area contributed by atoms with Crippen LogP contribution in [0, 0.1) is 5.92 Å². The summed E-state index contributed by atoms with van der Waals surface area (Å²) in [6.07, 6.45) is 2.11. The summed E-state index contributed by atoms with van der Waals surface area (Å²) in [5, 5.41) is 1.80. The van der Waals surface area contributed by atoms with Gasteiger partial charge in [-0.1, -0.05) is 36.4 Å². The summed E-state index contributed by atoms with van der Waals surface area (Å²) in [5.74, 6) is 0.448.